The normalized spacial score (nSPS) is 15.2. The molecule has 1 unspecified atom stereocenters. The van der Waals surface area contributed by atoms with Crippen LogP contribution in [0.3, 0.4) is 0 Å². The molecule has 2 aromatic rings. The molecule has 0 amide bonds. The number of nitrogens with zero attached hydrogens (tertiary/aromatic N) is 1. The Kier molecular flexibility index (Phi) is 3.65. The zero-order chi connectivity index (χ0) is 11.6. The van der Waals surface area contributed by atoms with Gasteiger partial charge in [0, 0.05) is 11.8 Å². The summed E-state index contributed by atoms with van der Waals surface area (Å²) in [6.45, 7) is 4.56. The van der Waals surface area contributed by atoms with E-state index >= 15 is 0 Å². The Balaban J connectivity index is 2.27. The minimum atomic E-state index is 0.327. The largest absolute Gasteiger partial charge is 0.241 e. The maximum absolute atomic E-state index is 4.69. The Morgan fingerprint density at radius 2 is 2.12 bits per heavy atom. The summed E-state index contributed by atoms with van der Waals surface area (Å²) < 4.78 is 1.30. The Morgan fingerprint density at radius 1 is 1.38 bits per heavy atom. The van der Waals surface area contributed by atoms with Crippen molar-refractivity contribution in [3.63, 3.8) is 0 Å². The zero-order valence-electron chi connectivity index (χ0n) is 9.66. The average molecular weight is 298 g/mol. The summed E-state index contributed by atoms with van der Waals surface area (Å²) in [5.74, 6) is 0. The maximum Gasteiger partial charge on any atom is 0.0944 e. The number of benzene rings is 1. The van der Waals surface area contributed by atoms with Gasteiger partial charge >= 0.3 is 0 Å². The molecule has 0 spiro atoms. The van der Waals surface area contributed by atoms with Crippen molar-refractivity contribution in [2.24, 2.45) is 5.41 Å². The average Bonchev–Trinajstić information content (AvgIpc) is 2.70. The number of hydrogen-bond donors (Lipinski definition) is 0. The van der Waals surface area contributed by atoms with E-state index in [9.17, 15) is 0 Å². The third-order valence-corrected chi connectivity index (χ3v) is 5.48. The molecular formula is C13H16BrNS. The first-order valence-electron chi connectivity index (χ1n) is 5.57. The summed E-state index contributed by atoms with van der Waals surface area (Å²) >= 11 is 5.43. The third kappa shape index (κ3) is 2.46. The van der Waals surface area contributed by atoms with Crippen LogP contribution in [0, 0.1) is 5.41 Å². The molecule has 1 atom stereocenters. The van der Waals surface area contributed by atoms with E-state index in [0.29, 0.717) is 5.41 Å². The second-order valence-corrected chi connectivity index (χ2v) is 6.23. The van der Waals surface area contributed by atoms with Crippen LogP contribution in [0.4, 0.5) is 0 Å². The molecule has 0 aliphatic carbocycles. The molecule has 1 aromatic heterocycles. The number of rotatable bonds is 4. The lowest BCUT2D eigenvalue weighted by atomic mass is 9.87. The van der Waals surface area contributed by atoms with Gasteiger partial charge in [0.1, 0.15) is 0 Å². The molecule has 1 aromatic carbocycles. The zero-order valence-corrected chi connectivity index (χ0v) is 12.1. The van der Waals surface area contributed by atoms with Gasteiger partial charge in [0.15, 0.2) is 0 Å². The lowest BCUT2D eigenvalue weighted by molar-refractivity contribution is 0.361. The fourth-order valence-electron chi connectivity index (χ4n) is 1.63. The van der Waals surface area contributed by atoms with Gasteiger partial charge in [-0.1, -0.05) is 41.9 Å². The van der Waals surface area contributed by atoms with Gasteiger partial charge < -0.3 is 0 Å². The second-order valence-electron chi connectivity index (χ2n) is 4.55. The van der Waals surface area contributed by atoms with E-state index in [1.807, 2.05) is 11.3 Å². The van der Waals surface area contributed by atoms with Crippen LogP contribution in [-0.4, -0.2) is 10.3 Å². The summed E-state index contributed by atoms with van der Waals surface area (Å²) in [7, 11) is 0. The number of thiazole rings is 1. The minimum Gasteiger partial charge on any atom is -0.241 e. The van der Waals surface area contributed by atoms with Gasteiger partial charge in [-0.2, -0.15) is 0 Å². The van der Waals surface area contributed by atoms with Crippen molar-refractivity contribution < 1.29 is 0 Å². The SMILES string of the molecule is CCC(C)(CBr)Cc1nc2ccccc2s1. The van der Waals surface area contributed by atoms with Crippen LogP contribution in [0.15, 0.2) is 24.3 Å². The number of aromatic nitrogens is 1. The van der Waals surface area contributed by atoms with Crippen molar-refractivity contribution in [3.8, 4) is 0 Å². The number of fused-ring (bicyclic) bond motifs is 1. The molecular weight excluding hydrogens is 282 g/mol. The van der Waals surface area contributed by atoms with Gasteiger partial charge in [0.05, 0.1) is 15.2 Å². The summed E-state index contributed by atoms with van der Waals surface area (Å²) in [5, 5.41) is 2.29. The first kappa shape index (κ1) is 12.1. The van der Waals surface area contributed by atoms with Gasteiger partial charge in [0.2, 0.25) is 0 Å². The van der Waals surface area contributed by atoms with Crippen LogP contribution in [0.25, 0.3) is 10.2 Å². The highest BCUT2D eigenvalue weighted by molar-refractivity contribution is 9.09. The van der Waals surface area contributed by atoms with Crippen LogP contribution in [0.1, 0.15) is 25.3 Å². The highest BCUT2D eigenvalue weighted by Gasteiger charge is 2.22. The Labute approximate surface area is 109 Å². The molecule has 16 heavy (non-hydrogen) atoms. The first-order valence-corrected chi connectivity index (χ1v) is 7.51. The van der Waals surface area contributed by atoms with Crippen molar-refractivity contribution >= 4 is 37.5 Å². The fourth-order valence-corrected chi connectivity index (χ4v) is 3.41. The smallest absolute Gasteiger partial charge is 0.0944 e. The van der Waals surface area contributed by atoms with Crippen molar-refractivity contribution in [1.82, 2.24) is 4.98 Å². The molecule has 1 heterocycles. The highest BCUT2D eigenvalue weighted by atomic mass is 79.9. The molecule has 0 fully saturated rings. The van der Waals surface area contributed by atoms with Crippen molar-refractivity contribution in [2.75, 3.05) is 5.33 Å². The predicted molar refractivity (Wildman–Crippen MR) is 75.5 cm³/mol. The molecule has 3 heteroatoms. The standard InChI is InChI=1S/C13H16BrNS/c1-3-13(2,9-14)8-12-15-10-6-4-5-7-11(10)16-12/h4-7H,3,8-9H2,1-2H3. The topological polar surface area (TPSA) is 12.9 Å². The number of para-hydroxylation sites is 1. The number of alkyl halides is 1. The van der Waals surface area contributed by atoms with Gasteiger partial charge in [0.25, 0.3) is 0 Å². The van der Waals surface area contributed by atoms with Crippen LogP contribution in [0.5, 0.6) is 0 Å². The molecule has 0 bridgehead atoms. The molecule has 1 nitrogen and oxygen atoms in total. The second kappa shape index (κ2) is 4.84. The lowest BCUT2D eigenvalue weighted by Gasteiger charge is -2.24. The minimum absolute atomic E-state index is 0.327. The Morgan fingerprint density at radius 3 is 2.75 bits per heavy atom. The van der Waals surface area contributed by atoms with Gasteiger partial charge in [-0.05, 0) is 24.0 Å². The van der Waals surface area contributed by atoms with E-state index < -0.39 is 0 Å². The quantitative estimate of drug-likeness (QED) is 0.749. The van der Waals surface area contributed by atoms with E-state index in [0.717, 1.165) is 17.3 Å². The summed E-state index contributed by atoms with van der Waals surface area (Å²) in [5.41, 5.74) is 1.46. The fraction of sp³-hybridized carbons (Fsp3) is 0.462. The van der Waals surface area contributed by atoms with E-state index in [1.165, 1.54) is 16.1 Å². The molecule has 0 N–H and O–H groups in total. The highest BCUT2D eigenvalue weighted by Crippen LogP contribution is 2.32. The van der Waals surface area contributed by atoms with E-state index in [-0.39, 0.29) is 0 Å². The molecule has 0 radical (unpaired) electrons. The number of halogens is 1. The summed E-state index contributed by atoms with van der Waals surface area (Å²) in [6, 6.07) is 8.36. The van der Waals surface area contributed by atoms with E-state index in [2.05, 4.69) is 54.0 Å². The third-order valence-electron chi connectivity index (χ3n) is 3.09. The maximum atomic E-state index is 4.69. The van der Waals surface area contributed by atoms with Gasteiger partial charge in [-0.3, -0.25) is 0 Å². The van der Waals surface area contributed by atoms with Crippen molar-refractivity contribution in [2.45, 2.75) is 26.7 Å². The van der Waals surface area contributed by atoms with Gasteiger partial charge in [-0.25, -0.2) is 4.98 Å². The van der Waals surface area contributed by atoms with Crippen LogP contribution < -0.4 is 0 Å². The Bertz CT molecular complexity index is 440. The molecule has 0 aliphatic heterocycles. The molecule has 0 saturated carbocycles. The monoisotopic (exact) mass is 297 g/mol. The van der Waals surface area contributed by atoms with E-state index in [1.54, 1.807) is 0 Å². The molecule has 86 valence electrons. The Hall–Kier alpha value is -0.410. The summed E-state index contributed by atoms with van der Waals surface area (Å²) in [6.07, 6.45) is 2.24. The van der Waals surface area contributed by atoms with Crippen molar-refractivity contribution in [3.05, 3.63) is 29.3 Å². The molecule has 0 saturated heterocycles. The lowest BCUT2D eigenvalue weighted by Crippen LogP contribution is -2.20. The predicted octanol–water partition coefficient (Wildman–Crippen LogP) is 4.65. The number of hydrogen-bond acceptors (Lipinski definition) is 2. The first-order chi connectivity index (χ1) is 7.67. The summed E-state index contributed by atoms with van der Waals surface area (Å²) in [4.78, 5) is 4.69. The molecule has 0 aliphatic rings. The van der Waals surface area contributed by atoms with Crippen LogP contribution in [0.2, 0.25) is 0 Å². The van der Waals surface area contributed by atoms with Crippen LogP contribution >= 0.6 is 27.3 Å². The van der Waals surface area contributed by atoms with E-state index in [4.69, 9.17) is 4.98 Å². The van der Waals surface area contributed by atoms with Crippen molar-refractivity contribution in [1.29, 1.82) is 0 Å². The van der Waals surface area contributed by atoms with Gasteiger partial charge in [-0.15, -0.1) is 11.3 Å². The van der Waals surface area contributed by atoms with Crippen LogP contribution in [-0.2, 0) is 6.42 Å². The molecule has 2 rings (SSSR count).